The van der Waals surface area contributed by atoms with E-state index < -0.39 is 6.23 Å². The lowest BCUT2D eigenvalue weighted by molar-refractivity contribution is -0.125. The molecule has 1 aromatic carbocycles. The van der Waals surface area contributed by atoms with E-state index in [0.717, 1.165) is 31.5 Å². The van der Waals surface area contributed by atoms with Crippen molar-refractivity contribution in [2.45, 2.75) is 26.0 Å². The van der Waals surface area contributed by atoms with Gasteiger partial charge >= 0.3 is 0 Å². The third-order valence-corrected chi connectivity index (χ3v) is 4.55. The molecule has 3 rings (SSSR count). The monoisotopic (exact) mass is 355 g/mol. The number of hydrogen-bond acceptors (Lipinski definition) is 5. The highest BCUT2D eigenvalue weighted by atomic mass is 16.5. The second-order valence-corrected chi connectivity index (χ2v) is 6.55. The van der Waals surface area contributed by atoms with Crippen LogP contribution in [0.4, 0.5) is 5.69 Å². The van der Waals surface area contributed by atoms with Crippen molar-refractivity contribution in [2.24, 2.45) is 5.92 Å². The standard InChI is InChI=1S/C20H25N3O3/c1-15-3-2-4-18(13-15)26-14-19(24)23(17-7-11-22-12-8-17)20(25)16-5-9-21-10-6-16/h2-4,7-8,11-13,16,19,21,24H,5-6,9-10,14H2,1H3. The van der Waals surface area contributed by atoms with Crippen LogP contribution in [-0.4, -0.2) is 41.9 Å². The maximum Gasteiger partial charge on any atom is 0.232 e. The third-order valence-electron chi connectivity index (χ3n) is 4.55. The van der Waals surface area contributed by atoms with E-state index in [0.29, 0.717) is 11.4 Å². The molecule has 1 aliphatic rings. The minimum absolute atomic E-state index is 0.00247. The van der Waals surface area contributed by atoms with E-state index in [9.17, 15) is 9.90 Å². The molecule has 1 amide bonds. The van der Waals surface area contributed by atoms with Crippen LogP contribution in [0.2, 0.25) is 0 Å². The van der Waals surface area contributed by atoms with E-state index in [2.05, 4.69) is 10.3 Å². The Morgan fingerprint density at radius 2 is 2.04 bits per heavy atom. The Kier molecular flexibility index (Phi) is 6.20. The number of ether oxygens (including phenoxy) is 1. The summed E-state index contributed by atoms with van der Waals surface area (Å²) in [6.45, 7) is 3.61. The first kappa shape index (κ1) is 18.4. The van der Waals surface area contributed by atoms with Crippen LogP contribution < -0.4 is 15.0 Å². The SMILES string of the molecule is Cc1cccc(OCC(O)N(C(=O)C2CCNCC2)c2ccncc2)c1. The smallest absolute Gasteiger partial charge is 0.232 e. The molecule has 0 radical (unpaired) electrons. The molecule has 1 aromatic heterocycles. The minimum Gasteiger partial charge on any atom is -0.489 e. The zero-order valence-corrected chi connectivity index (χ0v) is 15.0. The number of aromatic nitrogens is 1. The Morgan fingerprint density at radius 1 is 1.31 bits per heavy atom. The molecule has 26 heavy (non-hydrogen) atoms. The van der Waals surface area contributed by atoms with E-state index in [4.69, 9.17) is 4.74 Å². The van der Waals surface area contributed by atoms with Crippen LogP contribution in [0, 0.1) is 12.8 Å². The number of carbonyl (C=O) groups excluding carboxylic acids is 1. The average molecular weight is 355 g/mol. The molecule has 6 nitrogen and oxygen atoms in total. The molecule has 1 saturated heterocycles. The summed E-state index contributed by atoms with van der Waals surface area (Å²) < 4.78 is 5.72. The number of carbonyl (C=O) groups is 1. The topological polar surface area (TPSA) is 74.7 Å². The number of aliphatic hydroxyl groups excluding tert-OH is 1. The van der Waals surface area contributed by atoms with Gasteiger partial charge in [0.2, 0.25) is 5.91 Å². The Morgan fingerprint density at radius 3 is 2.73 bits per heavy atom. The molecular formula is C20H25N3O3. The normalized spacial score (nSPS) is 16.1. The summed E-state index contributed by atoms with van der Waals surface area (Å²) >= 11 is 0. The minimum atomic E-state index is -1.07. The first-order valence-electron chi connectivity index (χ1n) is 8.96. The Balaban J connectivity index is 1.74. The van der Waals surface area contributed by atoms with Gasteiger partial charge < -0.3 is 15.2 Å². The van der Waals surface area contributed by atoms with Crippen molar-refractivity contribution in [2.75, 3.05) is 24.6 Å². The molecule has 2 N–H and O–H groups in total. The van der Waals surface area contributed by atoms with Gasteiger partial charge in [0.15, 0.2) is 6.23 Å². The zero-order valence-electron chi connectivity index (χ0n) is 15.0. The van der Waals surface area contributed by atoms with Gasteiger partial charge in [-0.05, 0) is 62.7 Å². The summed E-state index contributed by atoms with van der Waals surface area (Å²) in [5.41, 5.74) is 1.71. The molecule has 6 heteroatoms. The molecule has 1 atom stereocenters. The van der Waals surface area contributed by atoms with Gasteiger partial charge in [0, 0.05) is 24.0 Å². The summed E-state index contributed by atoms with van der Waals surface area (Å²) in [7, 11) is 0. The van der Waals surface area contributed by atoms with E-state index in [-0.39, 0.29) is 18.4 Å². The number of rotatable bonds is 6. The molecule has 0 bridgehead atoms. The number of nitrogens with one attached hydrogen (secondary N) is 1. The van der Waals surface area contributed by atoms with Crippen molar-refractivity contribution in [3.05, 3.63) is 54.4 Å². The predicted octanol–water partition coefficient (Wildman–Crippen LogP) is 2.12. The van der Waals surface area contributed by atoms with Crippen LogP contribution in [0.1, 0.15) is 18.4 Å². The highest BCUT2D eigenvalue weighted by Gasteiger charge is 2.31. The van der Waals surface area contributed by atoms with Gasteiger partial charge in [-0.25, -0.2) is 0 Å². The van der Waals surface area contributed by atoms with Gasteiger partial charge in [0.25, 0.3) is 0 Å². The molecule has 0 aliphatic carbocycles. The average Bonchev–Trinajstić information content (AvgIpc) is 2.68. The second-order valence-electron chi connectivity index (χ2n) is 6.55. The van der Waals surface area contributed by atoms with Crippen molar-refractivity contribution >= 4 is 11.6 Å². The molecule has 2 heterocycles. The highest BCUT2D eigenvalue weighted by molar-refractivity contribution is 5.95. The fraction of sp³-hybridized carbons (Fsp3) is 0.400. The number of aliphatic hydroxyl groups is 1. The van der Waals surface area contributed by atoms with Crippen LogP contribution in [0.5, 0.6) is 5.75 Å². The molecule has 1 fully saturated rings. The summed E-state index contributed by atoms with van der Waals surface area (Å²) in [6.07, 6.45) is 3.70. The van der Waals surface area contributed by atoms with Crippen molar-refractivity contribution in [3.63, 3.8) is 0 Å². The number of aryl methyl sites for hydroxylation is 1. The van der Waals surface area contributed by atoms with Crippen molar-refractivity contribution in [3.8, 4) is 5.75 Å². The van der Waals surface area contributed by atoms with Crippen LogP contribution in [0.25, 0.3) is 0 Å². The molecule has 138 valence electrons. The van der Waals surface area contributed by atoms with Crippen LogP contribution in [-0.2, 0) is 4.79 Å². The number of anilines is 1. The molecule has 1 unspecified atom stereocenters. The lowest BCUT2D eigenvalue weighted by Crippen LogP contribution is -2.48. The van der Waals surface area contributed by atoms with Gasteiger partial charge in [-0.15, -0.1) is 0 Å². The van der Waals surface area contributed by atoms with Crippen molar-refractivity contribution in [1.29, 1.82) is 0 Å². The quantitative estimate of drug-likeness (QED) is 0.777. The number of hydrogen-bond donors (Lipinski definition) is 2. The molecule has 2 aromatic rings. The van der Waals surface area contributed by atoms with E-state index in [1.807, 2.05) is 31.2 Å². The van der Waals surface area contributed by atoms with E-state index >= 15 is 0 Å². The summed E-state index contributed by atoms with van der Waals surface area (Å²) in [6, 6.07) is 11.1. The summed E-state index contributed by atoms with van der Waals surface area (Å²) in [5.74, 6) is 0.504. The maximum absolute atomic E-state index is 13.1. The van der Waals surface area contributed by atoms with E-state index in [1.165, 1.54) is 4.90 Å². The molecule has 1 aliphatic heterocycles. The fourth-order valence-corrected chi connectivity index (χ4v) is 3.17. The largest absolute Gasteiger partial charge is 0.489 e. The Labute approximate surface area is 153 Å². The maximum atomic E-state index is 13.1. The summed E-state index contributed by atoms with van der Waals surface area (Å²) in [5, 5.41) is 14.0. The van der Waals surface area contributed by atoms with Crippen LogP contribution in [0.3, 0.4) is 0 Å². The van der Waals surface area contributed by atoms with Gasteiger partial charge in [0.1, 0.15) is 12.4 Å². The lowest BCUT2D eigenvalue weighted by atomic mass is 9.96. The number of piperidine rings is 1. The van der Waals surface area contributed by atoms with Crippen LogP contribution in [0.15, 0.2) is 48.8 Å². The highest BCUT2D eigenvalue weighted by Crippen LogP contribution is 2.23. The van der Waals surface area contributed by atoms with Gasteiger partial charge in [-0.2, -0.15) is 0 Å². The molecule has 0 spiro atoms. The summed E-state index contributed by atoms with van der Waals surface area (Å²) in [4.78, 5) is 18.5. The first-order valence-corrected chi connectivity index (χ1v) is 8.96. The number of benzene rings is 1. The van der Waals surface area contributed by atoms with Crippen molar-refractivity contribution < 1.29 is 14.6 Å². The molecule has 0 saturated carbocycles. The fourth-order valence-electron chi connectivity index (χ4n) is 3.17. The lowest BCUT2D eigenvalue weighted by Gasteiger charge is -2.32. The first-order chi connectivity index (χ1) is 12.6. The third kappa shape index (κ3) is 4.59. The van der Waals surface area contributed by atoms with E-state index in [1.54, 1.807) is 24.5 Å². The zero-order chi connectivity index (χ0) is 18.4. The van der Waals surface area contributed by atoms with Crippen LogP contribution >= 0.6 is 0 Å². The van der Waals surface area contributed by atoms with Gasteiger partial charge in [-0.1, -0.05) is 12.1 Å². The van der Waals surface area contributed by atoms with Gasteiger partial charge in [-0.3, -0.25) is 14.7 Å². The molecular weight excluding hydrogens is 330 g/mol. The Hall–Kier alpha value is -2.44. The Bertz CT molecular complexity index is 717. The van der Waals surface area contributed by atoms with Crippen molar-refractivity contribution in [1.82, 2.24) is 10.3 Å². The second kappa shape index (κ2) is 8.78. The predicted molar refractivity (Wildman–Crippen MR) is 100.0 cm³/mol. The van der Waals surface area contributed by atoms with Gasteiger partial charge in [0.05, 0.1) is 0 Å². The number of nitrogens with zero attached hydrogens (tertiary/aromatic N) is 2. The number of amides is 1. The number of pyridine rings is 1.